The van der Waals surface area contributed by atoms with E-state index in [1.807, 2.05) is 0 Å². The summed E-state index contributed by atoms with van der Waals surface area (Å²) in [6.07, 6.45) is 3.86. The van der Waals surface area contributed by atoms with Gasteiger partial charge >= 0.3 is 0 Å². The maximum absolute atomic E-state index is 11.6. The molecule has 1 aliphatic carbocycles. The maximum Gasteiger partial charge on any atom is 0.246 e. The van der Waals surface area contributed by atoms with Gasteiger partial charge < -0.3 is 4.90 Å². The van der Waals surface area contributed by atoms with E-state index in [9.17, 15) is 13.2 Å². The highest BCUT2D eigenvalue weighted by Crippen LogP contribution is 2.32. The highest BCUT2D eigenvalue weighted by molar-refractivity contribution is 7.91. The summed E-state index contributed by atoms with van der Waals surface area (Å²) in [5, 5.41) is 0. The molecule has 4 nitrogen and oxygen atoms in total. The minimum atomic E-state index is -2.92. The summed E-state index contributed by atoms with van der Waals surface area (Å²) in [5.74, 6) is 0.216. The Morgan fingerprint density at radius 3 is 2.33 bits per heavy atom. The molecule has 0 N–H and O–H groups in total. The first kappa shape index (κ1) is 10.7. The first-order valence-electron chi connectivity index (χ1n) is 5.18. The molecule has 1 amide bonds. The first-order valence-corrected chi connectivity index (χ1v) is 7.01. The van der Waals surface area contributed by atoms with Crippen LogP contribution in [-0.2, 0) is 14.6 Å². The van der Waals surface area contributed by atoms with E-state index in [2.05, 4.69) is 6.58 Å². The molecule has 1 saturated heterocycles. The van der Waals surface area contributed by atoms with Gasteiger partial charge in [0.1, 0.15) is 0 Å². The second-order valence-electron chi connectivity index (χ2n) is 4.24. The van der Waals surface area contributed by atoms with Crippen molar-refractivity contribution in [1.29, 1.82) is 0 Å². The van der Waals surface area contributed by atoms with Gasteiger partial charge in [-0.3, -0.25) is 4.79 Å². The largest absolute Gasteiger partial charge is 0.332 e. The lowest BCUT2D eigenvalue weighted by atomic mass is 10.2. The third-order valence-electron chi connectivity index (χ3n) is 2.97. The average molecular weight is 229 g/mol. The molecule has 2 aliphatic rings. The molecule has 0 bridgehead atoms. The van der Waals surface area contributed by atoms with E-state index in [1.54, 1.807) is 4.90 Å². The highest BCUT2D eigenvalue weighted by Gasteiger charge is 2.41. The summed E-state index contributed by atoms with van der Waals surface area (Å²) in [5.41, 5.74) is 0. The van der Waals surface area contributed by atoms with E-state index in [0.717, 1.165) is 12.8 Å². The number of hydrogen-bond acceptors (Lipinski definition) is 3. The van der Waals surface area contributed by atoms with Gasteiger partial charge in [0.2, 0.25) is 5.91 Å². The van der Waals surface area contributed by atoms with Crippen molar-refractivity contribution in [2.75, 3.05) is 11.5 Å². The summed E-state index contributed by atoms with van der Waals surface area (Å²) in [7, 11) is -2.92. The van der Waals surface area contributed by atoms with Crippen LogP contribution in [0.4, 0.5) is 0 Å². The van der Waals surface area contributed by atoms with Gasteiger partial charge in [0, 0.05) is 12.1 Å². The van der Waals surface area contributed by atoms with E-state index in [-0.39, 0.29) is 29.5 Å². The minimum Gasteiger partial charge on any atom is -0.332 e. The van der Waals surface area contributed by atoms with Gasteiger partial charge in [-0.2, -0.15) is 0 Å². The van der Waals surface area contributed by atoms with Crippen LogP contribution in [0.3, 0.4) is 0 Å². The van der Waals surface area contributed by atoms with Crippen molar-refractivity contribution in [3.05, 3.63) is 12.7 Å². The standard InChI is InChI=1S/C10H15NO3S/c1-2-10(12)11(8-3-4-8)9-5-6-15(13,14)7-9/h2,8-9H,1,3-7H2. The molecular weight excluding hydrogens is 214 g/mol. The van der Waals surface area contributed by atoms with E-state index < -0.39 is 9.84 Å². The normalized spacial score (nSPS) is 28.7. The zero-order valence-corrected chi connectivity index (χ0v) is 9.37. The molecule has 2 fully saturated rings. The summed E-state index contributed by atoms with van der Waals surface area (Å²) in [6, 6.07) is 0.141. The number of amides is 1. The van der Waals surface area contributed by atoms with Crippen LogP contribution in [0.5, 0.6) is 0 Å². The van der Waals surface area contributed by atoms with Crippen molar-refractivity contribution in [2.45, 2.75) is 31.3 Å². The second-order valence-corrected chi connectivity index (χ2v) is 6.47. The number of rotatable bonds is 3. The van der Waals surface area contributed by atoms with Crippen LogP contribution >= 0.6 is 0 Å². The van der Waals surface area contributed by atoms with Crippen LogP contribution in [0.15, 0.2) is 12.7 Å². The van der Waals surface area contributed by atoms with Crippen molar-refractivity contribution < 1.29 is 13.2 Å². The zero-order chi connectivity index (χ0) is 11.1. The molecule has 84 valence electrons. The van der Waals surface area contributed by atoms with Gasteiger partial charge in [0.25, 0.3) is 0 Å². The SMILES string of the molecule is C=CC(=O)N(C1CC1)C1CCS(=O)(=O)C1. The van der Waals surface area contributed by atoms with Crippen LogP contribution in [0.1, 0.15) is 19.3 Å². The van der Waals surface area contributed by atoms with Gasteiger partial charge in [-0.1, -0.05) is 6.58 Å². The molecule has 0 spiro atoms. The molecule has 1 heterocycles. The van der Waals surface area contributed by atoms with Crippen LogP contribution in [0.2, 0.25) is 0 Å². The molecule has 1 atom stereocenters. The number of carbonyl (C=O) groups excluding carboxylic acids is 1. The lowest BCUT2D eigenvalue weighted by Crippen LogP contribution is -2.41. The van der Waals surface area contributed by atoms with Crippen LogP contribution < -0.4 is 0 Å². The molecule has 0 aromatic carbocycles. The fourth-order valence-electron chi connectivity index (χ4n) is 2.11. The Morgan fingerprint density at radius 1 is 1.27 bits per heavy atom. The van der Waals surface area contributed by atoms with Crippen molar-refractivity contribution in [3.63, 3.8) is 0 Å². The molecule has 2 rings (SSSR count). The number of sulfone groups is 1. The van der Waals surface area contributed by atoms with Crippen molar-refractivity contribution in [2.24, 2.45) is 0 Å². The molecule has 15 heavy (non-hydrogen) atoms. The van der Waals surface area contributed by atoms with E-state index in [1.165, 1.54) is 6.08 Å². The van der Waals surface area contributed by atoms with Gasteiger partial charge in [0.05, 0.1) is 11.5 Å². The third-order valence-corrected chi connectivity index (χ3v) is 4.72. The van der Waals surface area contributed by atoms with Crippen molar-refractivity contribution in [3.8, 4) is 0 Å². The Bertz CT molecular complexity index is 383. The average Bonchev–Trinajstić information content (AvgIpc) is 2.92. The van der Waals surface area contributed by atoms with E-state index in [4.69, 9.17) is 0 Å². The summed E-state index contributed by atoms with van der Waals surface area (Å²) < 4.78 is 22.7. The topological polar surface area (TPSA) is 54.5 Å². The Balaban J connectivity index is 2.12. The predicted octanol–water partition coefficient (Wildman–Crippen LogP) is 0.351. The molecule has 1 aliphatic heterocycles. The van der Waals surface area contributed by atoms with Gasteiger partial charge in [-0.25, -0.2) is 8.42 Å². The Kier molecular flexibility index (Phi) is 2.58. The van der Waals surface area contributed by atoms with Crippen molar-refractivity contribution >= 4 is 15.7 Å². The quantitative estimate of drug-likeness (QED) is 0.656. The van der Waals surface area contributed by atoms with E-state index in [0.29, 0.717) is 6.42 Å². The minimum absolute atomic E-state index is 0.118. The van der Waals surface area contributed by atoms with Gasteiger partial charge in [0.15, 0.2) is 9.84 Å². The smallest absolute Gasteiger partial charge is 0.246 e. The van der Waals surface area contributed by atoms with Crippen LogP contribution in [0, 0.1) is 0 Å². The molecule has 1 unspecified atom stereocenters. The number of nitrogens with zero attached hydrogens (tertiary/aromatic N) is 1. The molecule has 5 heteroatoms. The lowest BCUT2D eigenvalue weighted by molar-refractivity contribution is -0.128. The fraction of sp³-hybridized carbons (Fsp3) is 0.700. The van der Waals surface area contributed by atoms with Crippen LogP contribution in [-0.4, -0.2) is 42.8 Å². The first-order chi connectivity index (χ1) is 7.03. The summed E-state index contributed by atoms with van der Waals surface area (Å²) >= 11 is 0. The third kappa shape index (κ3) is 2.22. The summed E-state index contributed by atoms with van der Waals surface area (Å²) in [4.78, 5) is 13.3. The molecule has 0 radical (unpaired) electrons. The zero-order valence-electron chi connectivity index (χ0n) is 8.55. The Labute approximate surface area is 89.9 Å². The van der Waals surface area contributed by atoms with Gasteiger partial charge in [-0.15, -0.1) is 0 Å². The fourth-order valence-corrected chi connectivity index (χ4v) is 3.82. The molecular formula is C10H15NO3S. The van der Waals surface area contributed by atoms with Crippen LogP contribution in [0.25, 0.3) is 0 Å². The highest BCUT2D eigenvalue weighted by atomic mass is 32.2. The molecule has 0 aromatic rings. The van der Waals surface area contributed by atoms with Crippen molar-refractivity contribution in [1.82, 2.24) is 4.90 Å². The van der Waals surface area contributed by atoms with E-state index >= 15 is 0 Å². The number of carbonyl (C=O) groups is 1. The monoisotopic (exact) mass is 229 g/mol. The lowest BCUT2D eigenvalue weighted by Gasteiger charge is -2.26. The molecule has 1 saturated carbocycles. The predicted molar refractivity (Wildman–Crippen MR) is 57.1 cm³/mol. The maximum atomic E-state index is 11.6. The Morgan fingerprint density at radius 2 is 1.93 bits per heavy atom. The summed E-state index contributed by atoms with van der Waals surface area (Å²) in [6.45, 7) is 3.46. The van der Waals surface area contributed by atoms with Gasteiger partial charge in [-0.05, 0) is 25.3 Å². The number of hydrogen-bond donors (Lipinski definition) is 0. The molecule has 0 aromatic heterocycles. The second kappa shape index (κ2) is 3.63. The Hall–Kier alpha value is -0.840.